The SMILES string of the molecule is COc1ccc(CN(C(=O)Cn2nnc(-c3cccs3)n2)[C@H](C(=O)NC(C)(C)C)c2cccs2)cc1. The molecule has 0 aliphatic heterocycles. The topological polar surface area (TPSA) is 102 Å². The lowest BCUT2D eigenvalue weighted by Gasteiger charge is -2.33. The van der Waals surface area contributed by atoms with E-state index in [2.05, 4.69) is 20.7 Å². The molecule has 0 aliphatic carbocycles. The number of nitrogens with one attached hydrogen (secondary N) is 1. The van der Waals surface area contributed by atoms with Gasteiger partial charge in [0.2, 0.25) is 17.6 Å². The first-order valence-electron chi connectivity index (χ1n) is 11.3. The minimum Gasteiger partial charge on any atom is -0.497 e. The molecule has 0 radical (unpaired) electrons. The highest BCUT2D eigenvalue weighted by Gasteiger charge is 2.34. The Bertz CT molecular complexity index is 1280. The summed E-state index contributed by atoms with van der Waals surface area (Å²) in [7, 11) is 1.60. The predicted octanol–water partition coefficient (Wildman–Crippen LogP) is 4.16. The predicted molar refractivity (Wildman–Crippen MR) is 140 cm³/mol. The Morgan fingerprint density at radius 1 is 1.08 bits per heavy atom. The summed E-state index contributed by atoms with van der Waals surface area (Å²) in [4.78, 5) is 31.8. The van der Waals surface area contributed by atoms with Gasteiger partial charge < -0.3 is 15.0 Å². The van der Waals surface area contributed by atoms with Crippen molar-refractivity contribution in [2.24, 2.45) is 0 Å². The molecule has 0 fully saturated rings. The highest BCUT2D eigenvalue weighted by molar-refractivity contribution is 7.13. The first kappa shape index (κ1) is 25.5. The summed E-state index contributed by atoms with van der Waals surface area (Å²) in [6.45, 7) is 5.81. The Labute approximate surface area is 217 Å². The molecule has 4 rings (SSSR count). The van der Waals surface area contributed by atoms with Crippen LogP contribution in [0.4, 0.5) is 0 Å². The van der Waals surface area contributed by atoms with E-state index in [4.69, 9.17) is 4.74 Å². The second kappa shape index (κ2) is 11.0. The monoisotopic (exact) mass is 524 g/mol. The first-order chi connectivity index (χ1) is 17.2. The molecule has 3 heterocycles. The van der Waals surface area contributed by atoms with Crippen LogP contribution < -0.4 is 10.1 Å². The fourth-order valence-corrected chi connectivity index (χ4v) is 5.07. The van der Waals surface area contributed by atoms with Crippen LogP contribution >= 0.6 is 22.7 Å². The summed E-state index contributed by atoms with van der Waals surface area (Å²) in [5.41, 5.74) is 0.393. The zero-order valence-corrected chi connectivity index (χ0v) is 22.2. The van der Waals surface area contributed by atoms with E-state index >= 15 is 0 Å². The smallest absolute Gasteiger partial charge is 0.248 e. The van der Waals surface area contributed by atoms with Crippen LogP contribution in [0.5, 0.6) is 5.75 Å². The Morgan fingerprint density at radius 3 is 2.42 bits per heavy atom. The van der Waals surface area contributed by atoms with E-state index in [0.29, 0.717) is 11.6 Å². The Morgan fingerprint density at radius 2 is 1.81 bits per heavy atom. The molecule has 3 aromatic heterocycles. The molecule has 0 aliphatic rings. The largest absolute Gasteiger partial charge is 0.497 e. The van der Waals surface area contributed by atoms with Crippen LogP contribution in [0.3, 0.4) is 0 Å². The number of ether oxygens (including phenoxy) is 1. The maximum Gasteiger partial charge on any atom is 0.248 e. The van der Waals surface area contributed by atoms with Crippen molar-refractivity contribution in [1.82, 2.24) is 30.4 Å². The van der Waals surface area contributed by atoms with E-state index in [1.165, 1.54) is 27.5 Å². The summed E-state index contributed by atoms with van der Waals surface area (Å²) in [5, 5.41) is 19.4. The highest BCUT2D eigenvalue weighted by atomic mass is 32.1. The average molecular weight is 525 g/mol. The molecule has 9 nitrogen and oxygen atoms in total. The van der Waals surface area contributed by atoms with Gasteiger partial charge in [0, 0.05) is 17.0 Å². The summed E-state index contributed by atoms with van der Waals surface area (Å²) >= 11 is 2.93. The summed E-state index contributed by atoms with van der Waals surface area (Å²) in [5.74, 6) is 0.616. The number of hydrogen-bond acceptors (Lipinski definition) is 8. The number of aromatic nitrogens is 4. The van der Waals surface area contributed by atoms with E-state index in [1.54, 1.807) is 12.0 Å². The Hall–Kier alpha value is -3.57. The summed E-state index contributed by atoms with van der Waals surface area (Å²) in [6.07, 6.45) is 0. The second-order valence-electron chi connectivity index (χ2n) is 9.15. The summed E-state index contributed by atoms with van der Waals surface area (Å²) in [6, 6.07) is 14.2. The molecule has 4 aromatic rings. The molecule has 0 spiro atoms. The zero-order valence-electron chi connectivity index (χ0n) is 20.5. The Kier molecular flexibility index (Phi) is 7.80. The minimum absolute atomic E-state index is 0.154. The number of carbonyl (C=O) groups excluding carboxylic acids is 2. The first-order valence-corrected chi connectivity index (χ1v) is 13.1. The molecule has 0 saturated heterocycles. The molecule has 1 N–H and O–H groups in total. The third kappa shape index (κ3) is 6.35. The fourth-order valence-electron chi connectivity index (χ4n) is 3.59. The molecule has 188 valence electrons. The molecular formula is C25H28N6O3S2. The number of amides is 2. The number of carbonyl (C=O) groups is 2. The van der Waals surface area contributed by atoms with Crippen LogP contribution in [0, 0.1) is 0 Å². The van der Waals surface area contributed by atoms with Gasteiger partial charge in [-0.3, -0.25) is 9.59 Å². The maximum absolute atomic E-state index is 13.7. The van der Waals surface area contributed by atoms with Gasteiger partial charge in [-0.25, -0.2) is 0 Å². The van der Waals surface area contributed by atoms with Crippen LogP contribution in [0.2, 0.25) is 0 Å². The average Bonchev–Trinajstić information content (AvgIpc) is 3.60. The zero-order chi connectivity index (χ0) is 25.7. The van der Waals surface area contributed by atoms with Crippen LogP contribution in [0.1, 0.15) is 37.3 Å². The van der Waals surface area contributed by atoms with Gasteiger partial charge >= 0.3 is 0 Å². The lowest BCUT2D eigenvalue weighted by atomic mass is 10.1. The van der Waals surface area contributed by atoms with Gasteiger partial charge in [-0.15, -0.1) is 32.9 Å². The van der Waals surface area contributed by atoms with Crippen molar-refractivity contribution in [2.45, 2.75) is 45.4 Å². The van der Waals surface area contributed by atoms with Gasteiger partial charge in [0.05, 0.1) is 12.0 Å². The van der Waals surface area contributed by atoms with Crippen molar-refractivity contribution in [3.05, 3.63) is 69.7 Å². The number of thiophene rings is 2. The van der Waals surface area contributed by atoms with Gasteiger partial charge in [-0.2, -0.15) is 4.80 Å². The quantitative estimate of drug-likeness (QED) is 0.353. The van der Waals surface area contributed by atoms with Gasteiger partial charge in [0.25, 0.3) is 0 Å². The van der Waals surface area contributed by atoms with Crippen molar-refractivity contribution in [3.8, 4) is 16.5 Å². The third-order valence-corrected chi connectivity index (χ3v) is 6.96. The van der Waals surface area contributed by atoms with Gasteiger partial charge in [-0.1, -0.05) is 24.3 Å². The number of nitrogens with zero attached hydrogens (tertiary/aromatic N) is 5. The number of methoxy groups -OCH3 is 1. The fraction of sp³-hybridized carbons (Fsp3) is 0.320. The number of tetrazole rings is 1. The van der Waals surface area contributed by atoms with Crippen molar-refractivity contribution in [2.75, 3.05) is 7.11 Å². The van der Waals surface area contributed by atoms with E-state index in [0.717, 1.165) is 15.3 Å². The highest BCUT2D eigenvalue weighted by Crippen LogP contribution is 2.29. The molecule has 36 heavy (non-hydrogen) atoms. The second-order valence-corrected chi connectivity index (χ2v) is 11.1. The molecule has 0 bridgehead atoms. The van der Waals surface area contributed by atoms with E-state index < -0.39 is 11.6 Å². The number of hydrogen-bond donors (Lipinski definition) is 1. The van der Waals surface area contributed by atoms with Crippen molar-refractivity contribution in [1.29, 1.82) is 0 Å². The molecule has 11 heteroatoms. The standard InChI is InChI=1S/C25H28N6O3S2/c1-25(2,3)26-24(33)22(19-7-5-13-35-19)30(15-17-9-11-18(34-4)12-10-17)21(32)16-31-28-23(27-29-31)20-8-6-14-36-20/h5-14,22H,15-16H2,1-4H3,(H,26,33)/t22-/m0/s1. The van der Waals surface area contributed by atoms with Crippen LogP contribution in [0.25, 0.3) is 10.7 Å². The molecule has 0 unspecified atom stereocenters. The number of rotatable bonds is 9. The van der Waals surface area contributed by atoms with Crippen molar-refractivity contribution >= 4 is 34.5 Å². The molecule has 2 amide bonds. The lowest BCUT2D eigenvalue weighted by Crippen LogP contribution is -2.49. The lowest BCUT2D eigenvalue weighted by molar-refractivity contribution is -0.143. The van der Waals surface area contributed by atoms with E-state index in [-0.39, 0.29) is 24.9 Å². The summed E-state index contributed by atoms with van der Waals surface area (Å²) < 4.78 is 5.26. The minimum atomic E-state index is -0.820. The molecule has 1 atom stereocenters. The molecular weight excluding hydrogens is 496 g/mol. The van der Waals surface area contributed by atoms with Crippen molar-refractivity contribution < 1.29 is 14.3 Å². The van der Waals surface area contributed by atoms with E-state index in [1.807, 2.05) is 80.1 Å². The van der Waals surface area contributed by atoms with Crippen molar-refractivity contribution in [3.63, 3.8) is 0 Å². The molecule has 1 aromatic carbocycles. The van der Waals surface area contributed by atoms with Crippen LogP contribution in [-0.2, 0) is 22.7 Å². The number of benzene rings is 1. The van der Waals surface area contributed by atoms with Gasteiger partial charge in [0.1, 0.15) is 18.3 Å². The van der Waals surface area contributed by atoms with Gasteiger partial charge in [0.15, 0.2) is 0 Å². The van der Waals surface area contributed by atoms with E-state index in [9.17, 15) is 9.59 Å². The van der Waals surface area contributed by atoms with Crippen LogP contribution in [0.15, 0.2) is 59.3 Å². The van der Waals surface area contributed by atoms with Crippen LogP contribution in [-0.4, -0.2) is 49.6 Å². The van der Waals surface area contributed by atoms with Gasteiger partial charge in [-0.05, 0) is 66.6 Å². The Balaban J connectivity index is 1.66. The third-order valence-electron chi connectivity index (χ3n) is 5.17. The maximum atomic E-state index is 13.7. The molecule has 0 saturated carbocycles. The normalized spacial score (nSPS) is 12.2.